The predicted molar refractivity (Wildman–Crippen MR) is 133 cm³/mol. The molecule has 0 saturated heterocycles. The van der Waals surface area contributed by atoms with E-state index in [1.165, 1.54) is 11.8 Å². The Labute approximate surface area is 204 Å². The molecule has 0 saturated carbocycles. The molecule has 0 unspecified atom stereocenters. The number of methoxy groups -OCH3 is 1. The van der Waals surface area contributed by atoms with E-state index in [0.717, 1.165) is 28.4 Å². The smallest absolute Gasteiger partial charge is 0.338 e. The second kappa shape index (κ2) is 13.0. The van der Waals surface area contributed by atoms with Gasteiger partial charge in [-0.1, -0.05) is 23.9 Å². The molecule has 9 heteroatoms. The minimum atomic E-state index is -0.375. The fourth-order valence-electron chi connectivity index (χ4n) is 3.40. The molecule has 0 aliphatic carbocycles. The van der Waals surface area contributed by atoms with E-state index in [-0.39, 0.29) is 17.6 Å². The maximum absolute atomic E-state index is 12.3. The minimum Gasteiger partial charge on any atom is -0.497 e. The molecule has 3 rings (SSSR count). The van der Waals surface area contributed by atoms with Crippen LogP contribution in [0.5, 0.6) is 5.75 Å². The molecule has 2 aromatic carbocycles. The van der Waals surface area contributed by atoms with Gasteiger partial charge in [-0.15, -0.1) is 0 Å². The predicted octanol–water partition coefficient (Wildman–Crippen LogP) is 3.71. The zero-order chi connectivity index (χ0) is 24.3. The van der Waals surface area contributed by atoms with Gasteiger partial charge in [-0.05, 0) is 56.2 Å². The van der Waals surface area contributed by atoms with Crippen molar-refractivity contribution >= 4 is 34.7 Å². The summed E-state index contributed by atoms with van der Waals surface area (Å²) in [5.41, 5.74) is 3.22. The van der Waals surface area contributed by atoms with Crippen molar-refractivity contribution in [1.29, 1.82) is 0 Å². The molecule has 0 radical (unpaired) electrons. The molecule has 8 nitrogen and oxygen atoms in total. The van der Waals surface area contributed by atoms with Crippen LogP contribution in [0.3, 0.4) is 0 Å². The third-order valence-electron chi connectivity index (χ3n) is 5.11. The lowest BCUT2D eigenvalue weighted by molar-refractivity contribution is -0.118. The molecule has 182 valence electrons. The summed E-state index contributed by atoms with van der Waals surface area (Å²) in [6.07, 6.45) is 0.781. The zero-order valence-corrected chi connectivity index (χ0v) is 20.7. The van der Waals surface area contributed by atoms with Crippen LogP contribution in [0.4, 0.5) is 0 Å². The fraction of sp³-hybridized carbons (Fsp3) is 0.400. The summed E-state index contributed by atoms with van der Waals surface area (Å²) in [7, 11) is 1.65. The Bertz CT molecular complexity index is 1100. The van der Waals surface area contributed by atoms with Gasteiger partial charge in [-0.2, -0.15) is 0 Å². The van der Waals surface area contributed by atoms with Crippen LogP contribution in [-0.4, -0.2) is 60.7 Å². The summed E-state index contributed by atoms with van der Waals surface area (Å²) in [4.78, 5) is 29.2. The van der Waals surface area contributed by atoms with Gasteiger partial charge >= 0.3 is 5.97 Å². The highest BCUT2D eigenvalue weighted by atomic mass is 32.2. The molecule has 1 aromatic heterocycles. The number of aryl methyl sites for hydroxylation is 2. The molecule has 1 N–H and O–H groups in total. The van der Waals surface area contributed by atoms with Crippen molar-refractivity contribution in [2.45, 2.75) is 32.0 Å². The number of amides is 1. The van der Waals surface area contributed by atoms with Gasteiger partial charge in [0, 0.05) is 19.7 Å². The number of benzene rings is 2. The Balaban J connectivity index is 1.78. The van der Waals surface area contributed by atoms with Crippen molar-refractivity contribution in [2.24, 2.45) is 0 Å². The number of carbonyl (C=O) groups is 2. The minimum absolute atomic E-state index is 0.0781. The van der Waals surface area contributed by atoms with E-state index in [2.05, 4.69) is 9.88 Å². The standard InChI is InChI=1S/C25H31N3O5S/c1-4-32-15-13-26-23(29)17-34-25-27-21-16-19(24(30)33-5-2)8-11-22(21)28(25)14-12-18-6-9-20(31-3)10-7-18/h6-11,16H,4-5,12-15,17H2,1-3H3,(H,26,29). The lowest BCUT2D eigenvalue weighted by Crippen LogP contribution is -2.28. The fourth-order valence-corrected chi connectivity index (χ4v) is 4.27. The number of esters is 1. The van der Waals surface area contributed by atoms with Gasteiger partial charge in [0.2, 0.25) is 5.91 Å². The molecule has 1 heterocycles. The maximum Gasteiger partial charge on any atom is 0.338 e. The largest absolute Gasteiger partial charge is 0.497 e. The van der Waals surface area contributed by atoms with Gasteiger partial charge in [0.05, 0.1) is 42.7 Å². The van der Waals surface area contributed by atoms with Crippen molar-refractivity contribution in [2.75, 3.05) is 39.2 Å². The highest BCUT2D eigenvalue weighted by Crippen LogP contribution is 2.26. The van der Waals surface area contributed by atoms with E-state index in [9.17, 15) is 9.59 Å². The third-order valence-corrected chi connectivity index (χ3v) is 6.09. The number of hydrogen-bond acceptors (Lipinski definition) is 7. The average molecular weight is 486 g/mol. The Morgan fingerprint density at radius 3 is 2.59 bits per heavy atom. The number of nitrogens with one attached hydrogen (secondary N) is 1. The van der Waals surface area contributed by atoms with Crippen molar-refractivity contribution in [3.8, 4) is 5.75 Å². The Kier molecular flexibility index (Phi) is 9.78. The molecular formula is C25H31N3O5S. The van der Waals surface area contributed by atoms with Crippen LogP contribution in [0.25, 0.3) is 11.0 Å². The average Bonchev–Trinajstić information content (AvgIpc) is 3.21. The summed E-state index contributed by atoms with van der Waals surface area (Å²) in [5.74, 6) is 0.601. The van der Waals surface area contributed by atoms with Crippen molar-refractivity contribution in [3.05, 3.63) is 53.6 Å². The lowest BCUT2D eigenvalue weighted by atomic mass is 10.1. The van der Waals surface area contributed by atoms with Crippen molar-refractivity contribution in [1.82, 2.24) is 14.9 Å². The molecule has 0 spiro atoms. The SMILES string of the molecule is CCOCCNC(=O)CSc1nc2cc(C(=O)OCC)ccc2n1CCc1ccc(OC)cc1. The highest BCUT2D eigenvalue weighted by Gasteiger charge is 2.16. The van der Waals surface area contributed by atoms with Crippen LogP contribution in [-0.2, 0) is 27.2 Å². The topological polar surface area (TPSA) is 91.7 Å². The van der Waals surface area contributed by atoms with Gasteiger partial charge in [0.25, 0.3) is 0 Å². The van der Waals surface area contributed by atoms with Gasteiger partial charge < -0.3 is 24.1 Å². The number of hydrogen-bond donors (Lipinski definition) is 1. The van der Waals surface area contributed by atoms with Crippen LogP contribution in [0.2, 0.25) is 0 Å². The Morgan fingerprint density at radius 1 is 1.09 bits per heavy atom. The quantitative estimate of drug-likeness (QED) is 0.224. The summed E-state index contributed by atoms with van der Waals surface area (Å²) in [6, 6.07) is 13.3. The normalized spacial score (nSPS) is 10.9. The summed E-state index contributed by atoms with van der Waals surface area (Å²) in [5, 5.41) is 3.58. The number of imidazole rings is 1. The molecule has 0 aliphatic heterocycles. The van der Waals surface area contributed by atoms with Gasteiger partial charge in [-0.3, -0.25) is 4.79 Å². The molecule has 3 aromatic rings. The second-order valence-electron chi connectivity index (χ2n) is 7.40. The molecular weight excluding hydrogens is 454 g/mol. The molecule has 0 atom stereocenters. The molecule has 0 aliphatic rings. The maximum atomic E-state index is 12.3. The first-order valence-corrected chi connectivity index (χ1v) is 12.3. The number of thioether (sulfide) groups is 1. The van der Waals surface area contributed by atoms with Crippen LogP contribution < -0.4 is 10.1 Å². The van der Waals surface area contributed by atoms with Crippen LogP contribution >= 0.6 is 11.8 Å². The highest BCUT2D eigenvalue weighted by molar-refractivity contribution is 7.99. The van der Waals surface area contributed by atoms with E-state index in [0.29, 0.717) is 44.0 Å². The van der Waals surface area contributed by atoms with E-state index in [1.807, 2.05) is 37.3 Å². The summed E-state index contributed by atoms with van der Waals surface area (Å²) >= 11 is 1.37. The summed E-state index contributed by atoms with van der Waals surface area (Å²) < 4.78 is 17.7. The molecule has 0 fully saturated rings. The number of rotatable bonds is 13. The van der Waals surface area contributed by atoms with Gasteiger partial charge in [0.1, 0.15) is 5.75 Å². The first kappa shape index (κ1) is 25.6. The first-order chi connectivity index (χ1) is 16.5. The zero-order valence-electron chi connectivity index (χ0n) is 19.8. The van der Waals surface area contributed by atoms with Gasteiger partial charge in [-0.25, -0.2) is 9.78 Å². The number of aromatic nitrogens is 2. The summed E-state index contributed by atoms with van der Waals surface area (Å²) in [6.45, 7) is 6.27. The van der Waals surface area contributed by atoms with Gasteiger partial charge in [0.15, 0.2) is 5.16 Å². The van der Waals surface area contributed by atoms with Crippen LogP contribution in [0.1, 0.15) is 29.8 Å². The van der Waals surface area contributed by atoms with E-state index >= 15 is 0 Å². The molecule has 1 amide bonds. The molecule has 34 heavy (non-hydrogen) atoms. The molecule has 0 bridgehead atoms. The van der Waals surface area contributed by atoms with E-state index < -0.39 is 0 Å². The van der Waals surface area contributed by atoms with E-state index in [4.69, 9.17) is 19.2 Å². The Hall–Kier alpha value is -3.04. The van der Waals surface area contributed by atoms with Crippen molar-refractivity contribution < 1.29 is 23.8 Å². The number of fused-ring (bicyclic) bond motifs is 1. The lowest BCUT2D eigenvalue weighted by Gasteiger charge is -2.10. The number of nitrogens with zero attached hydrogens (tertiary/aromatic N) is 2. The van der Waals surface area contributed by atoms with Crippen LogP contribution in [0.15, 0.2) is 47.6 Å². The van der Waals surface area contributed by atoms with Crippen molar-refractivity contribution in [3.63, 3.8) is 0 Å². The van der Waals surface area contributed by atoms with E-state index in [1.54, 1.807) is 26.2 Å². The third kappa shape index (κ3) is 6.98. The monoisotopic (exact) mass is 485 g/mol. The Morgan fingerprint density at radius 2 is 1.88 bits per heavy atom. The van der Waals surface area contributed by atoms with Crippen LogP contribution in [0, 0.1) is 0 Å². The number of carbonyl (C=O) groups excluding carboxylic acids is 2. The first-order valence-electron chi connectivity index (χ1n) is 11.3. The number of ether oxygens (including phenoxy) is 3. The second-order valence-corrected chi connectivity index (χ2v) is 8.35.